The summed E-state index contributed by atoms with van der Waals surface area (Å²) < 4.78 is 7.74. The van der Waals surface area contributed by atoms with E-state index in [1.807, 2.05) is 6.20 Å². The summed E-state index contributed by atoms with van der Waals surface area (Å²) in [6, 6.07) is 9.25. The Kier molecular flexibility index (Phi) is 3.88. The molecular formula is C17H22N2O. The van der Waals surface area contributed by atoms with Crippen LogP contribution in [-0.2, 0) is 11.2 Å². The molecule has 1 aliphatic heterocycles. The third-order valence-electron chi connectivity index (χ3n) is 3.82. The highest BCUT2D eigenvalue weighted by Crippen LogP contribution is 2.26. The third-order valence-corrected chi connectivity index (χ3v) is 3.82. The topological polar surface area (TPSA) is 27.1 Å². The van der Waals surface area contributed by atoms with Crippen LogP contribution in [0, 0.1) is 5.92 Å². The lowest BCUT2D eigenvalue weighted by Crippen LogP contribution is -2.09. The molecule has 0 saturated carbocycles. The number of rotatable bonds is 4. The maximum absolute atomic E-state index is 5.49. The van der Waals surface area contributed by atoms with E-state index in [1.165, 1.54) is 11.1 Å². The monoisotopic (exact) mass is 270 g/mol. The summed E-state index contributed by atoms with van der Waals surface area (Å²) in [4.78, 5) is 4.53. The van der Waals surface area contributed by atoms with Crippen molar-refractivity contribution in [3.63, 3.8) is 0 Å². The summed E-state index contributed by atoms with van der Waals surface area (Å²) in [6.45, 7) is 6.16. The van der Waals surface area contributed by atoms with Crippen molar-refractivity contribution in [1.82, 2.24) is 9.55 Å². The van der Waals surface area contributed by atoms with Crippen molar-refractivity contribution in [3.05, 3.63) is 42.2 Å². The number of benzene rings is 1. The number of imidazole rings is 1. The van der Waals surface area contributed by atoms with E-state index in [0.717, 1.165) is 31.9 Å². The Morgan fingerprint density at radius 2 is 2.10 bits per heavy atom. The number of hydrogen-bond acceptors (Lipinski definition) is 2. The molecule has 0 amide bonds. The molecule has 0 radical (unpaired) electrons. The van der Waals surface area contributed by atoms with Gasteiger partial charge in [0.15, 0.2) is 0 Å². The fourth-order valence-corrected chi connectivity index (χ4v) is 2.83. The van der Waals surface area contributed by atoms with Crippen LogP contribution in [0.25, 0.3) is 11.4 Å². The van der Waals surface area contributed by atoms with Gasteiger partial charge >= 0.3 is 0 Å². The molecule has 0 aliphatic carbocycles. The molecule has 1 aromatic heterocycles. The molecule has 2 aromatic rings. The fourth-order valence-electron chi connectivity index (χ4n) is 2.83. The van der Waals surface area contributed by atoms with Crippen molar-refractivity contribution in [1.29, 1.82) is 0 Å². The summed E-state index contributed by atoms with van der Waals surface area (Å²) in [7, 11) is 0. The maximum Gasteiger partial charge on any atom is 0.140 e. The Morgan fingerprint density at radius 1 is 1.30 bits per heavy atom. The van der Waals surface area contributed by atoms with Gasteiger partial charge < -0.3 is 9.30 Å². The van der Waals surface area contributed by atoms with Crippen LogP contribution in [0.15, 0.2) is 36.7 Å². The van der Waals surface area contributed by atoms with E-state index in [2.05, 4.69) is 53.9 Å². The SMILES string of the molecule is CC(C)Cc1ccc(-c2nccn2C2CCOC2)cc1. The molecule has 0 spiro atoms. The van der Waals surface area contributed by atoms with Crippen molar-refractivity contribution in [2.45, 2.75) is 32.7 Å². The van der Waals surface area contributed by atoms with E-state index in [0.29, 0.717) is 12.0 Å². The highest BCUT2D eigenvalue weighted by Gasteiger charge is 2.20. The average molecular weight is 270 g/mol. The van der Waals surface area contributed by atoms with E-state index >= 15 is 0 Å². The average Bonchev–Trinajstić information content (AvgIpc) is 3.09. The van der Waals surface area contributed by atoms with Crippen LogP contribution < -0.4 is 0 Å². The minimum Gasteiger partial charge on any atom is -0.379 e. The molecule has 3 heteroatoms. The molecule has 20 heavy (non-hydrogen) atoms. The van der Waals surface area contributed by atoms with E-state index in [4.69, 9.17) is 4.74 Å². The van der Waals surface area contributed by atoms with Gasteiger partial charge in [-0.3, -0.25) is 0 Å². The van der Waals surface area contributed by atoms with Crippen LogP contribution in [0.4, 0.5) is 0 Å². The van der Waals surface area contributed by atoms with Gasteiger partial charge in [0, 0.05) is 24.6 Å². The molecule has 3 nitrogen and oxygen atoms in total. The zero-order valence-electron chi connectivity index (χ0n) is 12.2. The molecule has 0 bridgehead atoms. The predicted octanol–water partition coefficient (Wildman–Crippen LogP) is 3.71. The van der Waals surface area contributed by atoms with E-state index in [-0.39, 0.29) is 0 Å². The van der Waals surface area contributed by atoms with Crippen LogP contribution in [0.5, 0.6) is 0 Å². The Hall–Kier alpha value is -1.61. The van der Waals surface area contributed by atoms with Gasteiger partial charge in [-0.1, -0.05) is 38.1 Å². The standard InChI is InChI=1S/C17H22N2O/c1-13(2)11-14-3-5-15(6-4-14)17-18-8-9-19(17)16-7-10-20-12-16/h3-6,8-9,13,16H,7,10-12H2,1-2H3. The van der Waals surface area contributed by atoms with Gasteiger partial charge in [0.05, 0.1) is 12.6 Å². The van der Waals surface area contributed by atoms with Crippen LogP contribution in [0.1, 0.15) is 31.9 Å². The first-order chi connectivity index (χ1) is 9.74. The highest BCUT2D eigenvalue weighted by atomic mass is 16.5. The van der Waals surface area contributed by atoms with Crippen LogP contribution >= 0.6 is 0 Å². The highest BCUT2D eigenvalue weighted by molar-refractivity contribution is 5.56. The minimum atomic E-state index is 0.433. The lowest BCUT2D eigenvalue weighted by Gasteiger charge is -2.14. The van der Waals surface area contributed by atoms with Crippen molar-refractivity contribution >= 4 is 0 Å². The number of nitrogens with zero attached hydrogens (tertiary/aromatic N) is 2. The van der Waals surface area contributed by atoms with Crippen molar-refractivity contribution < 1.29 is 4.74 Å². The maximum atomic E-state index is 5.49. The second kappa shape index (κ2) is 5.80. The number of hydrogen-bond donors (Lipinski definition) is 0. The second-order valence-electron chi connectivity index (χ2n) is 5.97. The van der Waals surface area contributed by atoms with E-state index in [1.54, 1.807) is 0 Å². The summed E-state index contributed by atoms with van der Waals surface area (Å²) in [5.74, 6) is 1.75. The molecular weight excluding hydrogens is 248 g/mol. The predicted molar refractivity (Wildman–Crippen MR) is 80.7 cm³/mol. The van der Waals surface area contributed by atoms with Gasteiger partial charge in [-0.15, -0.1) is 0 Å². The quantitative estimate of drug-likeness (QED) is 0.847. The second-order valence-corrected chi connectivity index (χ2v) is 5.97. The Bertz CT molecular complexity index is 551. The van der Waals surface area contributed by atoms with Gasteiger partial charge in [-0.2, -0.15) is 0 Å². The van der Waals surface area contributed by atoms with Crippen molar-refractivity contribution in [2.24, 2.45) is 5.92 Å². The third kappa shape index (κ3) is 2.78. The van der Waals surface area contributed by atoms with Gasteiger partial charge in [0.25, 0.3) is 0 Å². The molecule has 1 fully saturated rings. The van der Waals surface area contributed by atoms with Crippen LogP contribution in [0.2, 0.25) is 0 Å². The Balaban J connectivity index is 1.84. The van der Waals surface area contributed by atoms with Crippen LogP contribution in [-0.4, -0.2) is 22.8 Å². The summed E-state index contributed by atoms with van der Waals surface area (Å²) >= 11 is 0. The molecule has 1 unspecified atom stereocenters. The molecule has 0 N–H and O–H groups in total. The molecule has 1 aromatic carbocycles. The summed E-state index contributed by atoms with van der Waals surface area (Å²) in [5.41, 5.74) is 2.58. The zero-order valence-corrected chi connectivity index (χ0v) is 12.2. The first-order valence-electron chi connectivity index (χ1n) is 7.44. The number of aromatic nitrogens is 2. The fraction of sp³-hybridized carbons (Fsp3) is 0.471. The molecule has 1 atom stereocenters. The van der Waals surface area contributed by atoms with Gasteiger partial charge in [0.1, 0.15) is 5.82 Å². The minimum absolute atomic E-state index is 0.433. The van der Waals surface area contributed by atoms with Crippen LogP contribution in [0.3, 0.4) is 0 Å². The summed E-state index contributed by atoms with van der Waals surface area (Å²) in [5, 5.41) is 0. The summed E-state index contributed by atoms with van der Waals surface area (Å²) in [6.07, 6.45) is 6.16. The largest absolute Gasteiger partial charge is 0.379 e. The zero-order chi connectivity index (χ0) is 13.9. The van der Waals surface area contributed by atoms with E-state index < -0.39 is 0 Å². The number of ether oxygens (including phenoxy) is 1. The smallest absolute Gasteiger partial charge is 0.140 e. The van der Waals surface area contributed by atoms with Gasteiger partial charge in [0.2, 0.25) is 0 Å². The molecule has 1 saturated heterocycles. The molecule has 106 valence electrons. The normalized spacial score (nSPS) is 18.9. The molecule has 1 aliphatic rings. The van der Waals surface area contributed by atoms with E-state index in [9.17, 15) is 0 Å². The molecule has 3 rings (SSSR count). The van der Waals surface area contributed by atoms with Gasteiger partial charge in [-0.25, -0.2) is 4.98 Å². The lowest BCUT2D eigenvalue weighted by molar-refractivity contribution is 0.187. The Labute approximate surface area is 120 Å². The van der Waals surface area contributed by atoms with Gasteiger partial charge in [-0.05, 0) is 24.3 Å². The first-order valence-corrected chi connectivity index (χ1v) is 7.44. The first kappa shape index (κ1) is 13.4. The molecule has 2 heterocycles. The lowest BCUT2D eigenvalue weighted by atomic mass is 10.0. The Morgan fingerprint density at radius 3 is 2.75 bits per heavy atom. The van der Waals surface area contributed by atoms with Crippen molar-refractivity contribution in [2.75, 3.05) is 13.2 Å². The van der Waals surface area contributed by atoms with Crippen molar-refractivity contribution in [3.8, 4) is 11.4 Å².